The van der Waals surface area contributed by atoms with Gasteiger partial charge in [0.05, 0.1) is 22.1 Å². The zero-order valence-corrected chi connectivity index (χ0v) is 25.5. The van der Waals surface area contributed by atoms with Gasteiger partial charge in [-0.15, -0.1) is 0 Å². The highest BCUT2D eigenvalue weighted by atomic mass is 14.9. The van der Waals surface area contributed by atoms with E-state index in [-0.39, 0.29) is 10.8 Å². The number of hydrogen-bond acceptors (Lipinski definition) is 1. The zero-order valence-electron chi connectivity index (χ0n) is 25.5. The first-order valence-electron chi connectivity index (χ1n) is 14.7. The van der Waals surface area contributed by atoms with Gasteiger partial charge in [-0.25, -0.2) is 0 Å². The van der Waals surface area contributed by atoms with Crippen LogP contribution in [-0.2, 0) is 12.8 Å². The van der Waals surface area contributed by atoms with Crippen molar-refractivity contribution in [2.24, 2.45) is 10.8 Å². The number of benzene rings is 4. The molecule has 40 heavy (non-hydrogen) atoms. The van der Waals surface area contributed by atoms with Crippen molar-refractivity contribution in [3.05, 3.63) is 71.3 Å². The molecule has 0 N–H and O–H groups in total. The third-order valence-corrected chi connectivity index (χ3v) is 8.83. The molecule has 2 nitrogen and oxygen atoms in total. The summed E-state index contributed by atoms with van der Waals surface area (Å²) in [5, 5.41) is 9.18. The van der Waals surface area contributed by atoms with E-state index in [1.807, 2.05) is 0 Å². The smallest absolute Gasteiger partial charge is 0.163 e. The molecular formula is C36H38B2N2. The molecular weight excluding hydrogens is 482 g/mol. The van der Waals surface area contributed by atoms with E-state index in [0.717, 1.165) is 24.0 Å². The molecule has 0 saturated carbocycles. The minimum absolute atomic E-state index is 0.242. The monoisotopic (exact) mass is 520 g/mol. The zero-order chi connectivity index (χ0) is 28.3. The Balaban J connectivity index is 1.69. The number of pyridine rings is 2. The number of fused-ring (bicyclic) bond motifs is 7. The van der Waals surface area contributed by atoms with Crippen LogP contribution >= 0.6 is 0 Å². The standard InChI is InChI=1S/C36H38B2N2/c1-19-23-10-8-20(17-35(2,3)4)14-22(23)16-27-31-29-25(30(37)34(38)39-31)12-11-24-26-15-21(18-36(5,6)7)9-13-28(26)40(32(19)27)33(24)29/h8-16H,17-18,37-38H2,1-7H3. The average Bonchev–Trinajstić information content (AvgIpc) is 3.17. The van der Waals surface area contributed by atoms with Crippen LogP contribution in [-0.4, -0.2) is 25.1 Å². The molecule has 0 aliphatic rings. The van der Waals surface area contributed by atoms with Crippen LogP contribution in [0.5, 0.6) is 0 Å². The maximum atomic E-state index is 5.31. The van der Waals surface area contributed by atoms with Crippen LogP contribution in [0.4, 0.5) is 0 Å². The summed E-state index contributed by atoms with van der Waals surface area (Å²) in [5.41, 5.74) is 12.0. The largest absolute Gasteiger partial charge is 0.308 e. The Kier molecular flexibility index (Phi) is 5.25. The van der Waals surface area contributed by atoms with Gasteiger partial charge in [0.25, 0.3) is 0 Å². The Hall–Kier alpha value is -3.52. The maximum absolute atomic E-state index is 5.31. The second-order valence-electron chi connectivity index (χ2n) is 14.7. The van der Waals surface area contributed by atoms with Crippen molar-refractivity contribution in [2.75, 3.05) is 0 Å². The summed E-state index contributed by atoms with van der Waals surface area (Å²) in [6.45, 7) is 16.2. The van der Waals surface area contributed by atoms with E-state index < -0.39 is 0 Å². The van der Waals surface area contributed by atoms with E-state index in [1.165, 1.54) is 76.4 Å². The van der Waals surface area contributed by atoms with Gasteiger partial charge in [0.2, 0.25) is 0 Å². The molecule has 198 valence electrons. The fraction of sp³-hybridized carbons (Fsp3) is 0.306. The number of hydrogen-bond donors (Lipinski definition) is 0. The highest BCUT2D eigenvalue weighted by molar-refractivity contribution is 6.53. The fourth-order valence-corrected chi connectivity index (χ4v) is 7.18. The average molecular weight is 520 g/mol. The molecule has 4 heteroatoms. The Labute approximate surface area is 238 Å². The van der Waals surface area contributed by atoms with Gasteiger partial charge in [-0.1, -0.05) is 83.4 Å². The maximum Gasteiger partial charge on any atom is 0.163 e. The molecule has 0 aliphatic carbocycles. The molecule has 0 spiro atoms. The van der Waals surface area contributed by atoms with E-state index in [2.05, 4.69) is 123 Å². The molecule has 4 aromatic carbocycles. The van der Waals surface area contributed by atoms with Crippen LogP contribution in [0.2, 0.25) is 0 Å². The Morgan fingerprint density at radius 1 is 0.675 bits per heavy atom. The minimum Gasteiger partial charge on any atom is -0.308 e. The van der Waals surface area contributed by atoms with E-state index in [9.17, 15) is 0 Å². The van der Waals surface area contributed by atoms with E-state index in [0.29, 0.717) is 0 Å². The van der Waals surface area contributed by atoms with Gasteiger partial charge in [0, 0.05) is 21.5 Å². The lowest BCUT2D eigenvalue weighted by Gasteiger charge is -2.20. The van der Waals surface area contributed by atoms with Crippen molar-refractivity contribution >= 4 is 86.5 Å². The van der Waals surface area contributed by atoms with Crippen molar-refractivity contribution in [3.8, 4) is 0 Å². The molecule has 0 saturated heterocycles. The minimum atomic E-state index is 0.242. The number of nitrogens with zero attached hydrogens (tertiary/aromatic N) is 2. The molecule has 3 heterocycles. The predicted octanol–water partition coefficient (Wildman–Crippen LogP) is 6.54. The summed E-state index contributed by atoms with van der Waals surface area (Å²) in [5.74, 6) is 0. The molecule has 7 aromatic rings. The summed E-state index contributed by atoms with van der Waals surface area (Å²) in [4.78, 5) is 5.31. The fourth-order valence-electron chi connectivity index (χ4n) is 7.18. The molecule has 0 radical (unpaired) electrons. The molecule has 0 aliphatic heterocycles. The van der Waals surface area contributed by atoms with Gasteiger partial charge in [-0.2, -0.15) is 0 Å². The van der Waals surface area contributed by atoms with Gasteiger partial charge < -0.3 is 4.40 Å². The van der Waals surface area contributed by atoms with Crippen LogP contribution in [0.15, 0.2) is 54.6 Å². The van der Waals surface area contributed by atoms with Gasteiger partial charge in [-0.3, -0.25) is 4.98 Å². The summed E-state index contributed by atoms with van der Waals surface area (Å²) in [7, 11) is 4.38. The van der Waals surface area contributed by atoms with Crippen molar-refractivity contribution in [3.63, 3.8) is 0 Å². The summed E-state index contributed by atoms with van der Waals surface area (Å²) < 4.78 is 2.56. The summed E-state index contributed by atoms with van der Waals surface area (Å²) in [6.07, 6.45) is 2.12. The van der Waals surface area contributed by atoms with E-state index in [4.69, 9.17) is 4.98 Å². The Morgan fingerprint density at radius 2 is 1.30 bits per heavy atom. The SMILES string of the molecule is Bc1nc2c3cc4cc(CC(C)(C)C)ccc4c(C)c3n3c4ccc(CC(C)(C)C)cc4c4ccc(c1B)c2c43. The molecule has 0 bridgehead atoms. The molecule has 3 aromatic heterocycles. The lowest BCUT2D eigenvalue weighted by Crippen LogP contribution is -2.29. The summed E-state index contributed by atoms with van der Waals surface area (Å²) in [6, 6.07) is 21.4. The van der Waals surface area contributed by atoms with Crippen LogP contribution < -0.4 is 11.1 Å². The number of aryl methyl sites for hydroxylation is 1. The quantitative estimate of drug-likeness (QED) is 0.144. The van der Waals surface area contributed by atoms with Crippen molar-refractivity contribution in [1.29, 1.82) is 0 Å². The first-order chi connectivity index (χ1) is 18.8. The molecule has 0 unspecified atom stereocenters. The van der Waals surface area contributed by atoms with E-state index in [1.54, 1.807) is 0 Å². The highest BCUT2D eigenvalue weighted by Gasteiger charge is 2.23. The van der Waals surface area contributed by atoms with Gasteiger partial charge in [0.15, 0.2) is 7.85 Å². The second-order valence-corrected chi connectivity index (χ2v) is 14.7. The molecule has 0 atom stereocenters. The molecule has 0 amide bonds. The van der Waals surface area contributed by atoms with Crippen molar-refractivity contribution < 1.29 is 0 Å². The summed E-state index contributed by atoms with van der Waals surface area (Å²) >= 11 is 0. The van der Waals surface area contributed by atoms with Gasteiger partial charge in [-0.05, 0) is 87.2 Å². The Bertz CT molecular complexity index is 2150. The first-order valence-corrected chi connectivity index (χ1v) is 14.7. The third kappa shape index (κ3) is 3.75. The number of aromatic nitrogens is 2. The lowest BCUT2D eigenvalue weighted by atomic mass is 9.80. The normalized spacial score (nSPS) is 13.3. The van der Waals surface area contributed by atoms with E-state index >= 15 is 0 Å². The molecule has 0 fully saturated rings. The molecule has 7 rings (SSSR count). The van der Waals surface area contributed by atoms with Crippen molar-refractivity contribution in [2.45, 2.75) is 61.3 Å². The topological polar surface area (TPSA) is 17.3 Å². The lowest BCUT2D eigenvalue weighted by molar-refractivity contribution is 0.411. The van der Waals surface area contributed by atoms with Crippen LogP contribution in [0.3, 0.4) is 0 Å². The first kappa shape index (κ1) is 25.4. The van der Waals surface area contributed by atoms with Crippen molar-refractivity contribution in [1.82, 2.24) is 9.38 Å². The van der Waals surface area contributed by atoms with Crippen LogP contribution in [0.1, 0.15) is 58.2 Å². The van der Waals surface area contributed by atoms with Crippen LogP contribution in [0.25, 0.3) is 59.8 Å². The Morgan fingerprint density at radius 3 is 2.00 bits per heavy atom. The van der Waals surface area contributed by atoms with Gasteiger partial charge in [0.1, 0.15) is 7.85 Å². The van der Waals surface area contributed by atoms with Gasteiger partial charge >= 0.3 is 0 Å². The highest BCUT2D eigenvalue weighted by Crippen LogP contribution is 2.43. The third-order valence-electron chi connectivity index (χ3n) is 8.83. The second kappa shape index (κ2) is 8.26. The predicted molar refractivity (Wildman–Crippen MR) is 181 cm³/mol. The van der Waals surface area contributed by atoms with Crippen LogP contribution in [0, 0.1) is 17.8 Å². The number of rotatable bonds is 2.